The first-order valence-corrected chi connectivity index (χ1v) is 9.45. The van der Waals surface area contributed by atoms with Crippen molar-refractivity contribution in [3.63, 3.8) is 0 Å². The largest absolute Gasteiger partial charge is 0.497 e. The summed E-state index contributed by atoms with van der Waals surface area (Å²) >= 11 is 0. The first-order valence-electron chi connectivity index (χ1n) is 9.45. The molecule has 1 saturated carbocycles. The van der Waals surface area contributed by atoms with Crippen molar-refractivity contribution in [3.8, 4) is 17.0 Å². The van der Waals surface area contributed by atoms with Crippen LogP contribution in [-0.2, 0) is 0 Å². The monoisotopic (exact) mass is 372 g/mol. The summed E-state index contributed by atoms with van der Waals surface area (Å²) in [6, 6.07) is 9.94. The molecule has 5 heteroatoms. The van der Waals surface area contributed by atoms with Crippen LogP contribution in [0.5, 0.6) is 5.75 Å². The molecule has 0 radical (unpaired) electrons. The van der Waals surface area contributed by atoms with Crippen LogP contribution in [-0.4, -0.2) is 18.6 Å². The molecule has 1 aliphatic carbocycles. The van der Waals surface area contributed by atoms with Gasteiger partial charge in [0.1, 0.15) is 17.4 Å². The van der Waals surface area contributed by atoms with Crippen molar-refractivity contribution in [1.29, 1.82) is 0 Å². The van der Waals surface area contributed by atoms with E-state index in [2.05, 4.69) is 4.98 Å². The number of hydrogen-bond donors (Lipinski definition) is 2. The summed E-state index contributed by atoms with van der Waals surface area (Å²) in [5.41, 5.74) is 8.88. The fourth-order valence-electron chi connectivity index (χ4n) is 3.81. The van der Waals surface area contributed by atoms with Gasteiger partial charge in [-0.25, -0.2) is 8.78 Å². The average Bonchev–Trinajstić information content (AvgIpc) is 3.02. The van der Waals surface area contributed by atoms with Gasteiger partial charge >= 0.3 is 0 Å². The maximum atomic E-state index is 14.3. The Kier molecular flexibility index (Phi) is 5.80. The molecule has 1 aliphatic rings. The third-order valence-corrected chi connectivity index (χ3v) is 5.22. The molecule has 0 saturated heterocycles. The van der Waals surface area contributed by atoms with Gasteiger partial charge in [0.05, 0.1) is 18.3 Å². The Morgan fingerprint density at radius 2 is 1.78 bits per heavy atom. The highest BCUT2D eigenvalue weighted by Crippen LogP contribution is 2.48. The third-order valence-electron chi connectivity index (χ3n) is 5.22. The molecule has 0 aliphatic heterocycles. The fraction of sp³-hybridized carbons (Fsp3) is 0.364. The number of aromatic amines is 1. The molecule has 0 amide bonds. The van der Waals surface area contributed by atoms with E-state index in [9.17, 15) is 8.78 Å². The maximum Gasteiger partial charge on any atom is 0.150 e. The van der Waals surface area contributed by atoms with Crippen LogP contribution in [0.2, 0.25) is 0 Å². The van der Waals surface area contributed by atoms with Crippen LogP contribution in [0.3, 0.4) is 0 Å². The normalized spacial score (nSPS) is 18.6. The molecule has 1 fully saturated rings. The van der Waals surface area contributed by atoms with Crippen molar-refractivity contribution in [2.75, 3.05) is 13.7 Å². The number of aromatic nitrogens is 1. The highest BCUT2D eigenvalue weighted by molar-refractivity contribution is 5.92. The van der Waals surface area contributed by atoms with Crippen LogP contribution in [0, 0.1) is 17.6 Å². The van der Waals surface area contributed by atoms with Crippen molar-refractivity contribution in [2.45, 2.75) is 32.6 Å². The summed E-state index contributed by atoms with van der Waals surface area (Å²) in [6.45, 7) is 4.65. The molecular weight excluding hydrogens is 346 g/mol. The molecule has 1 heterocycles. The van der Waals surface area contributed by atoms with Gasteiger partial charge in [-0.15, -0.1) is 0 Å². The number of ether oxygens (including phenoxy) is 1. The summed E-state index contributed by atoms with van der Waals surface area (Å²) in [5, 5.41) is 0.629. The van der Waals surface area contributed by atoms with E-state index in [4.69, 9.17) is 10.5 Å². The molecule has 0 unspecified atom stereocenters. The number of hydrogen-bond acceptors (Lipinski definition) is 2. The summed E-state index contributed by atoms with van der Waals surface area (Å²) in [6.07, 6.45) is 1.90. The van der Waals surface area contributed by atoms with Gasteiger partial charge in [0.25, 0.3) is 0 Å². The van der Waals surface area contributed by atoms with Gasteiger partial charge < -0.3 is 15.5 Å². The Bertz CT molecular complexity index is 912. The minimum Gasteiger partial charge on any atom is -0.497 e. The van der Waals surface area contributed by atoms with Crippen molar-refractivity contribution < 1.29 is 13.5 Å². The zero-order valence-electron chi connectivity index (χ0n) is 16.0. The average molecular weight is 372 g/mol. The number of benzene rings is 2. The molecule has 27 heavy (non-hydrogen) atoms. The summed E-state index contributed by atoms with van der Waals surface area (Å²) < 4.78 is 33.3. The highest BCUT2D eigenvalue weighted by atomic mass is 19.1. The lowest BCUT2D eigenvalue weighted by atomic mass is 9.70. The van der Waals surface area contributed by atoms with Crippen LogP contribution in [0.1, 0.15) is 38.2 Å². The van der Waals surface area contributed by atoms with E-state index >= 15 is 0 Å². The van der Waals surface area contributed by atoms with E-state index < -0.39 is 11.6 Å². The molecule has 144 valence electrons. The topological polar surface area (TPSA) is 51.0 Å². The number of H-pyrrole nitrogens is 1. The van der Waals surface area contributed by atoms with E-state index in [1.807, 2.05) is 38.1 Å². The maximum absolute atomic E-state index is 14.3. The van der Waals surface area contributed by atoms with Crippen LogP contribution in [0.15, 0.2) is 36.4 Å². The van der Waals surface area contributed by atoms with Gasteiger partial charge in [-0.05, 0) is 72.7 Å². The van der Waals surface area contributed by atoms with E-state index in [-0.39, 0.29) is 5.92 Å². The zero-order valence-corrected chi connectivity index (χ0v) is 16.0. The van der Waals surface area contributed by atoms with Crippen molar-refractivity contribution in [3.05, 3.63) is 53.6 Å². The zero-order chi connectivity index (χ0) is 19.6. The second-order valence-corrected chi connectivity index (χ2v) is 6.72. The Labute approximate surface area is 158 Å². The quantitative estimate of drug-likeness (QED) is 0.626. The Hall–Kier alpha value is -2.40. The lowest BCUT2D eigenvalue weighted by molar-refractivity contribution is 0.274. The predicted octanol–water partition coefficient (Wildman–Crippen LogP) is 5.60. The summed E-state index contributed by atoms with van der Waals surface area (Å²) in [5.74, 6) is 0.384. The van der Waals surface area contributed by atoms with Gasteiger partial charge in [0.2, 0.25) is 0 Å². The van der Waals surface area contributed by atoms with E-state index in [0.717, 1.165) is 41.5 Å². The van der Waals surface area contributed by atoms with Gasteiger partial charge in [-0.1, -0.05) is 13.8 Å². The summed E-state index contributed by atoms with van der Waals surface area (Å²) in [4.78, 5) is 3.18. The van der Waals surface area contributed by atoms with Crippen molar-refractivity contribution >= 4 is 10.9 Å². The molecule has 0 atom stereocenters. The number of methoxy groups -OCH3 is 1. The van der Waals surface area contributed by atoms with E-state index in [1.54, 1.807) is 7.11 Å². The fourth-order valence-corrected chi connectivity index (χ4v) is 3.81. The lowest BCUT2D eigenvalue weighted by Crippen LogP contribution is -2.28. The molecule has 3 aromatic rings. The van der Waals surface area contributed by atoms with E-state index in [1.165, 1.54) is 6.07 Å². The molecule has 3 nitrogen and oxygen atoms in total. The van der Waals surface area contributed by atoms with E-state index in [0.29, 0.717) is 23.4 Å². The molecular formula is C22H26F2N2O. The van der Waals surface area contributed by atoms with Gasteiger partial charge in [-0.3, -0.25) is 0 Å². The van der Waals surface area contributed by atoms with Crippen LogP contribution < -0.4 is 10.5 Å². The van der Waals surface area contributed by atoms with Crippen molar-refractivity contribution in [2.24, 2.45) is 11.7 Å². The molecule has 0 spiro atoms. The third kappa shape index (κ3) is 3.56. The smallest absolute Gasteiger partial charge is 0.150 e. The second kappa shape index (κ2) is 8.09. The Morgan fingerprint density at radius 1 is 1.11 bits per heavy atom. The number of halogens is 2. The van der Waals surface area contributed by atoms with Crippen LogP contribution in [0.4, 0.5) is 8.78 Å². The highest BCUT2D eigenvalue weighted by Gasteiger charge is 2.33. The molecule has 0 bridgehead atoms. The molecule has 4 rings (SSSR count). The van der Waals surface area contributed by atoms with Gasteiger partial charge in [0, 0.05) is 11.5 Å². The predicted molar refractivity (Wildman–Crippen MR) is 106 cm³/mol. The first kappa shape index (κ1) is 19.4. The van der Waals surface area contributed by atoms with Gasteiger partial charge in [-0.2, -0.15) is 0 Å². The minimum absolute atomic E-state index is 0.264. The second-order valence-electron chi connectivity index (χ2n) is 6.72. The molecule has 3 N–H and O–H groups in total. The summed E-state index contributed by atoms with van der Waals surface area (Å²) in [7, 11) is 1.61. The number of nitrogens with two attached hydrogens (primary N) is 1. The first-order chi connectivity index (χ1) is 13.1. The standard InChI is InChI=1S/C20H20F2N2O.C2H6/c1-25-15-4-2-12(3-5-15)19-18(13-6-11(7-13)10-23)16-8-14(21)9-17(22)20(16)24-19;1-2/h2-5,8-9,11,13,24H,6-7,10,23H2,1H3;1-2H3. The van der Waals surface area contributed by atoms with Crippen LogP contribution >= 0.6 is 0 Å². The molecule has 1 aromatic heterocycles. The van der Waals surface area contributed by atoms with Crippen LogP contribution in [0.25, 0.3) is 22.2 Å². The minimum atomic E-state index is -0.564. The van der Waals surface area contributed by atoms with Crippen molar-refractivity contribution in [1.82, 2.24) is 4.98 Å². The Morgan fingerprint density at radius 3 is 2.37 bits per heavy atom. The Balaban J connectivity index is 0.00000102. The lowest BCUT2D eigenvalue weighted by Gasteiger charge is -2.35. The van der Waals surface area contributed by atoms with Gasteiger partial charge in [0.15, 0.2) is 0 Å². The number of rotatable bonds is 4. The number of nitrogens with one attached hydrogen (secondary N) is 1. The molecule has 2 aromatic carbocycles. The SMILES string of the molecule is CC.COc1ccc(-c2[nH]c3c(F)cc(F)cc3c2C2CC(CN)C2)cc1. The number of fused-ring (bicyclic) bond motifs is 1.